The van der Waals surface area contributed by atoms with Gasteiger partial charge in [-0.3, -0.25) is 0 Å². The molecule has 0 saturated heterocycles. The lowest BCUT2D eigenvalue weighted by Crippen LogP contribution is -2.28. The van der Waals surface area contributed by atoms with E-state index >= 15 is 0 Å². The number of hydrogen-bond acceptors (Lipinski definition) is 2. The van der Waals surface area contributed by atoms with Gasteiger partial charge < -0.3 is 9.80 Å². The first kappa shape index (κ1) is 11.3. The molecule has 0 aliphatic heterocycles. The summed E-state index contributed by atoms with van der Waals surface area (Å²) in [5, 5.41) is 0. The van der Waals surface area contributed by atoms with Crippen LogP contribution < -0.4 is 9.80 Å². The Kier molecular flexibility index (Phi) is 3.37. The summed E-state index contributed by atoms with van der Waals surface area (Å²) in [7, 11) is 6.38. The molecule has 88 valence electrons. The Labute approximate surface area is 98.9 Å². The Bertz CT molecular complexity index is 323. The first-order valence-corrected chi connectivity index (χ1v) is 6.18. The highest BCUT2D eigenvalue weighted by Gasteiger charge is 2.19. The molecule has 0 atom stereocenters. The van der Waals surface area contributed by atoms with Crippen molar-refractivity contribution in [3.05, 3.63) is 24.3 Å². The fraction of sp³-hybridized carbons (Fsp3) is 0.571. The van der Waals surface area contributed by atoms with E-state index in [0.717, 1.165) is 6.04 Å². The van der Waals surface area contributed by atoms with Crippen LogP contribution in [0.2, 0.25) is 0 Å². The highest BCUT2D eigenvalue weighted by atomic mass is 15.1. The van der Waals surface area contributed by atoms with E-state index in [4.69, 9.17) is 0 Å². The van der Waals surface area contributed by atoms with Crippen LogP contribution in [0.3, 0.4) is 0 Å². The van der Waals surface area contributed by atoms with E-state index in [1.807, 2.05) is 0 Å². The van der Waals surface area contributed by atoms with Gasteiger partial charge in [0.1, 0.15) is 0 Å². The van der Waals surface area contributed by atoms with Gasteiger partial charge in [-0.15, -0.1) is 0 Å². The fourth-order valence-electron chi connectivity index (χ4n) is 2.49. The number of nitrogens with zero attached hydrogens (tertiary/aromatic N) is 2. The van der Waals surface area contributed by atoms with Gasteiger partial charge in [-0.05, 0) is 37.1 Å². The standard InChI is InChI=1S/C14H22N2/c1-15(2)12-8-10-14(11-9-12)16(3)13-6-4-5-7-13/h8-11,13H,4-7H2,1-3H3. The maximum Gasteiger partial charge on any atom is 0.0367 e. The van der Waals surface area contributed by atoms with Crippen LogP contribution in [-0.2, 0) is 0 Å². The first-order chi connectivity index (χ1) is 7.68. The molecule has 1 aromatic carbocycles. The van der Waals surface area contributed by atoms with Crippen LogP contribution >= 0.6 is 0 Å². The molecule has 2 heteroatoms. The minimum Gasteiger partial charge on any atom is -0.378 e. The number of rotatable bonds is 3. The highest BCUT2D eigenvalue weighted by Crippen LogP contribution is 2.27. The van der Waals surface area contributed by atoms with Gasteiger partial charge in [0, 0.05) is 38.6 Å². The Morgan fingerprint density at radius 2 is 1.38 bits per heavy atom. The third-order valence-corrected chi connectivity index (χ3v) is 3.65. The molecule has 0 heterocycles. The second-order valence-electron chi connectivity index (χ2n) is 4.96. The minimum atomic E-state index is 0.755. The van der Waals surface area contributed by atoms with Gasteiger partial charge in [-0.1, -0.05) is 12.8 Å². The van der Waals surface area contributed by atoms with E-state index in [0.29, 0.717) is 0 Å². The van der Waals surface area contributed by atoms with Crippen LogP contribution in [0, 0.1) is 0 Å². The molecule has 1 aromatic rings. The molecular formula is C14H22N2. The van der Waals surface area contributed by atoms with E-state index in [1.54, 1.807) is 0 Å². The van der Waals surface area contributed by atoms with Gasteiger partial charge >= 0.3 is 0 Å². The summed E-state index contributed by atoms with van der Waals surface area (Å²) >= 11 is 0. The smallest absolute Gasteiger partial charge is 0.0367 e. The zero-order valence-electron chi connectivity index (χ0n) is 10.6. The van der Waals surface area contributed by atoms with Crippen LogP contribution in [0.25, 0.3) is 0 Å². The van der Waals surface area contributed by atoms with Crippen molar-refractivity contribution in [3.63, 3.8) is 0 Å². The molecule has 0 amide bonds. The average molecular weight is 218 g/mol. The Morgan fingerprint density at radius 3 is 1.88 bits per heavy atom. The summed E-state index contributed by atoms with van der Waals surface area (Å²) in [5.41, 5.74) is 2.61. The summed E-state index contributed by atoms with van der Waals surface area (Å²) in [6, 6.07) is 9.60. The molecule has 1 aliphatic carbocycles. The van der Waals surface area contributed by atoms with Gasteiger partial charge in [0.25, 0.3) is 0 Å². The number of benzene rings is 1. The van der Waals surface area contributed by atoms with E-state index in [9.17, 15) is 0 Å². The van der Waals surface area contributed by atoms with Gasteiger partial charge in [0.15, 0.2) is 0 Å². The van der Waals surface area contributed by atoms with Crippen molar-refractivity contribution in [1.29, 1.82) is 0 Å². The third-order valence-electron chi connectivity index (χ3n) is 3.65. The van der Waals surface area contributed by atoms with Crippen molar-refractivity contribution >= 4 is 11.4 Å². The van der Waals surface area contributed by atoms with Gasteiger partial charge in [0.05, 0.1) is 0 Å². The molecule has 0 N–H and O–H groups in total. The molecular weight excluding hydrogens is 196 g/mol. The first-order valence-electron chi connectivity index (χ1n) is 6.18. The maximum atomic E-state index is 2.44. The summed E-state index contributed by atoms with van der Waals surface area (Å²) in [4.78, 5) is 4.58. The van der Waals surface area contributed by atoms with Gasteiger partial charge in [-0.2, -0.15) is 0 Å². The number of anilines is 2. The van der Waals surface area contributed by atoms with Gasteiger partial charge in [0.2, 0.25) is 0 Å². The van der Waals surface area contributed by atoms with E-state index in [1.165, 1.54) is 37.1 Å². The fourth-order valence-corrected chi connectivity index (χ4v) is 2.49. The van der Waals surface area contributed by atoms with Crippen LogP contribution in [-0.4, -0.2) is 27.2 Å². The second kappa shape index (κ2) is 4.77. The predicted molar refractivity (Wildman–Crippen MR) is 71.4 cm³/mol. The Morgan fingerprint density at radius 1 is 0.875 bits per heavy atom. The largest absolute Gasteiger partial charge is 0.378 e. The molecule has 1 fully saturated rings. The highest BCUT2D eigenvalue weighted by molar-refractivity contribution is 5.55. The zero-order valence-corrected chi connectivity index (χ0v) is 10.6. The summed E-state index contributed by atoms with van der Waals surface area (Å²) in [6.07, 6.45) is 5.49. The van der Waals surface area contributed by atoms with Crippen molar-refractivity contribution < 1.29 is 0 Å². The molecule has 2 rings (SSSR count). The van der Waals surface area contributed by atoms with E-state index < -0.39 is 0 Å². The molecule has 1 aliphatic rings. The topological polar surface area (TPSA) is 6.48 Å². The van der Waals surface area contributed by atoms with Crippen molar-refractivity contribution in [2.24, 2.45) is 0 Å². The molecule has 0 unspecified atom stereocenters. The molecule has 0 radical (unpaired) electrons. The van der Waals surface area contributed by atoms with E-state index in [2.05, 4.69) is 55.2 Å². The SMILES string of the molecule is CN(C)c1ccc(N(C)C2CCCC2)cc1. The monoisotopic (exact) mass is 218 g/mol. The summed E-state index contributed by atoms with van der Waals surface area (Å²) < 4.78 is 0. The van der Waals surface area contributed by atoms with Crippen LogP contribution in [0.5, 0.6) is 0 Å². The molecule has 1 saturated carbocycles. The lowest BCUT2D eigenvalue weighted by atomic mass is 10.2. The lowest BCUT2D eigenvalue weighted by molar-refractivity contribution is 0.653. The Balaban J connectivity index is 2.08. The van der Waals surface area contributed by atoms with Crippen molar-refractivity contribution in [3.8, 4) is 0 Å². The quantitative estimate of drug-likeness (QED) is 0.769. The molecule has 16 heavy (non-hydrogen) atoms. The maximum absolute atomic E-state index is 2.44. The predicted octanol–water partition coefficient (Wildman–Crippen LogP) is 3.13. The second-order valence-corrected chi connectivity index (χ2v) is 4.96. The average Bonchev–Trinajstić information content (AvgIpc) is 2.81. The third kappa shape index (κ3) is 2.31. The van der Waals surface area contributed by atoms with Gasteiger partial charge in [-0.25, -0.2) is 0 Å². The normalized spacial score (nSPS) is 16.4. The van der Waals surface area contributed by atoms with Crippen LogP contribution in [0.1, 0.15) is 25.7 Å². The summed E-state index contributed by atoms with van der Waals surface area (Å²) in [6.45, 7) is 0. The minimum absolute atomic E-state index is 0.755. The molecule has 0 spiro atoms. The molecule has 0 aromatic heterocycles. The summed E-state index contributed by atoms with van der Waals surface area (Å²) in [5.74, 6) is 0. The number of hydrogen-bond donors (Lipinski definition) is 0. The zero-order chi connectivity index (χ0) is 11.5. The van der Waals surface area contributed by atoms with Crippen LogP contribution in [0.4, 0.5) is 11.4 Å². The lowest BCUT2D eigenvalue weighted by Gasteiger charge is -2.27. The van der Waals surface area contributed by atoms with E-state index in [-0.39, 0.29) is 0 Å². The molecule has 0 bridgehead atoms. The van der Waals surface area contributed by atoms with Crippen LogP contribution in [0.15, 0.2) is 24.3 Å². The Hall–Kier alpha value is -1.18. The molecule has 2 nitrogen and oxygen atoms in total. The van der Waals surface area contributed by atoms with Crippen molar-refractivity contribution in [2.45, 2.75) is 31.7 Å². The van der Waals surface area contributed by atoms with Crippen molar-refractivity contribution in [2.75, 3.05) is 30.9 Å². The van der Waals surface area contributed by atoms with Crippen molar-refractivity contribution in [1.82, 2.24) is 0 Å².